The zero-order valence-corrected chi connectivity index (χ0v) is 16.2. The van der Waals surface area contributed by atoms with Crippen molar-refractivity contribution in [2.45, 2.75) is 6.92 Å². The first-order valence-corrected chi connectivity index (χ1v) is 8.91. The van der Waals surface area contributed by atoms with E-state index in [1.54, 1.807) is 45.5 Å². The molecule has 0 spiro atoms. The summed E-state index contributed by atoms with van der Waals surface area (Å²) in [7, 11) is 3.14. The van der Waals surface area contributed by atoms with Gasteiger partial charge in [-0.15, -0.1) is 0 Å². The lowest BCUT2D eigenvalue weighted by Gasteiger charge is -2.08. The summed E-state index contributed by atoms with van der Waals surface area (Å²) in [5, 5.41) is 13.2. The van der Waals surface area contributed by atoms with Crippen LogP contribution in [0, 0.1) is 18.3 Å². The van der Waals surface area contributed by atoms with E-state index in [0.29, 0.717) is 50.2 Å². The molecular weight excluding hydrogens is 368 g/mol. The van der Waals surface area contributed by atoms with Gasteiger partial charge in [0.2, 0.25) is 0 Å². The molecule has 0 unspecified atom stereocenters. The van der Waals surface area contributed by atoms with E-state index in [-0.39, 0.29) is 5.56 Å². The molecule has 29 heavy (non-hydrogen) atoms. The van der Waals surface area contributed by atoms with Gasteiger partial charge in [-0.05, 0) is 24.6 Å². The second kappa shape index (κ2) is 7.17. The molecule has 0 saturated carbocycles. The average Bonchev–Trinajstić information content (AvgIpc) is 3.13. The summed E-state index contributed by atoms with van der Waals surface area (Å²) in [6.45, 7) is 1.75. The molecule has 7 nitrogen and oxygen atoms in total. The molecule has 0 saturated heterocycles. The Bertz CT molecular complexity index is 1380. The summed E-state index contributed by atoms with van der Waals surface area (Å²) < 4.78 is 12.0. The van der Waals surface area contributed by atoms with E-state index < -0.39 is 0 Å². The lowest BCUT2D eigenvalue weighted by atomic mass is 10.1. The highest BCUT2D eigenvalue weighted by atomic mass is 16.5. The molecule has 0 atom stereocenters. The van der Waals surface area contributed by atoms with E-state index in [1.807, 2.05) is 24.3 Å². The second-order valence-corrected chi connectivity index (χ2v) is 6.48. The number of ether oxygens (including phenoxy) is 2. The molecule has 2 aromatic carbocycles. The summed E-state index contributed by atoms with van der Waals surface area (Å²) in [4.78, 5) is 17.7. The molecule has 2 aromatic heterocycles. The SMILES string of the molecule is COc1cc(NC=c2c(C)c(C#N)c3nc4ccccc4n3c2=O)cc(OC)c1. The van der Waals surface area contributed by atoms with Gasteiger partial charge in [0.1, 0.15) is 17.6 Å². The lowest BCUT2D eigenvalue weighted by Crippen LogP contribution is -2.34. The third kappa shape index (κ3) is 3.01. The number of benzene rings is 2. The molecule has 0 radical (unpaired) electrons. The maximum Gasteiger partial charge on any atom is 0.265 e. The maximum atomic E-state index is 13.3. The van der Waals surface area contributed by atoms with Gasteiger partial charge in [0.15, 0.2) is 5.65 Å². The van der Waals surface area contributed by atoms with Crippen LogP contribution in [0.4, 0.5) is 5.69 Å². The molecule has 0 aliphatic rings. The van der Waals surface area contributed by atoms with Crippen LogP contribution in [0.15, 0.2) is 47.3 Å². The Balaban J connectivity index is 1.96. The minimum Gasteiger partial charge on any atom is -0.497 e. The Morgan fingerprint density at radius 2 is 1.83 bits per heavy atom. The summed E-state index contributed by atoms with van der Waals surface area (Å²) in [5.41, 5.74) is 3.10. The molecule has 7 heteroatoms. The number of nitriles is 1. The molecule has 0 fully saturated rings. The highest BCUT2D eigenvalue weighted by Gasteiger charge is 2.15. The minimum absolute atomic E-state index is 0.243. The topological polar surface area (TPSA) is 88.6 Å². The van der Waals surface area contributed by atoms with Crippen LogP contribution >= 0.6 is 0 Å². The van der Waals surface area contributed by atoms with Crippen LogP contribution in [0.2, 0.25) is 0 Å². The summed E-state index contributed by atoms with van der Waals surface area (Å²) >= 11 is 0. The number of aromatic nitrogens is 2. The first-order valence-electron chi connectivity index (χ1n) is 8.91. The Morgan fingerprint density at radius 3 is 2.48 bits per heavy atom. The third-order valence-electron chi connectivity index (χ3n) is 4.84. The van der Waals surface area contributed by atoms with Crippen LogP contribution in [0.3, 0.4) is 0 Å². The van der Waals surface area contributed by atoms with Crippen molar-refractivity contribution in [3.8, 4) is 17.6 Å². The fourth-order valence-electron chi connectivity index (χ4n) is 3.33. The van der Waals surface area contributed by atoms with Crippen molar-refractivity contribution in [2.24, 2.45) is 0 Å². The highest BCUT2D eigenvalue weighted by Crippen LogP contribution is 2.25. The molecule has 2 heterocycles. The predicted molar refractivity (Wildman–Crippen MR) is 111 cm³/mol. The fraction of sp³-hybridized carbons (Fsp3) is 0.136. The van der Waals surface area contributed by atoms with Gasteiger partial charge in [-0.1, -0.05) is 12.1 Å². The van der Waals surface area contributed by atoms with Crippen molar-refractivity contribution in [1.82, 2.24) is 9.38 Å². The van der Waals surface area contributed by atoms with Gasteiger partial charge in [0.05, 0.1) is 36.0 Å². The van der Waals surface area contributed by atoms with Crippen LogP contribution in [0.1, 0.15) is 11.1 Å². The van der Waals surface area contributed by atoms with Crippen molar-refractivity contribution < 1.29 is 9.47 Å². The maximum absolute atomic E-state index is 13.3. The Labute approximate surface area is 166 Å². The largest absolute Gasteiger partial charge is 0.497 e. The number of fused-ring (bicyclic) bond motifs is 3. The molecule has 0 bridgehead atoms. The number of anilines is 1. The first-order chi connectivity index (χ1) is 14.1. The van der Waals surface area contributed by atoms with E-state index in [9.17, 15) is 10.1 Å². The first kappa shape index (κ1) is 18.3. The average molecular weight is 386 g/mol. The molecular formula is C22H18N4O3. The van der Waals surface area contributed by atoms with Crippen molar-refractivity contribution in [3.63, 3.8) is 0 Å². The summed E-state index contributed by atoms with van der Waals surface area (Å²) in [6, 6.07) is 14.9. The van der Waals surface area contributed by atoms with Gasteiger partial charge in [-0.3, -0.25) is 9.20 Å². The van der Waals surface area contributed by atoms with Gasteiger partial charge in [0.25, 0.3) is 5.56 Å². The predicted octanol–water partition coefficient (Wildman–Crippen LogP) is 2.61. The van der Waals surface area contributed by atoms with E-state index in [2.05, 4.69) is 16.4 Å². The standard InChI is InChI=1S/C22H18N4O3/c1-13-17(11-23)21-25-19-6-4-5-7-20(19)26(21)22(27)18(13)12-24-14-8-15(28-2)10-16(9-14)29-3/h4-10,12,24H,1-3H3. The number of rotatable bonds is 4. The zero-order valence-electron chi connectivity index (χ0n) is 16.2. The molecule has 4 aromatic rings. The third-order valence-corrected chi connectivity index (χ3v) is 4.84. The Hall–Kier alpha value is -4.05. The Morgan fingerprint density at radius 1 is 1.14 bits per heavy atom. The summed E-state index contributed by atoms with van der Waals surface area (Å²) in [5.74, 6) is 1.24. The number of pyridine rings is 1. The normalized spacial score (nSPS) is 11.6. The lowest BCUT2D eigenvalue weighted by molar-refractivity contribution is 0.395. The number of imidazole rings is 1. The summed E-state index contributed by atoms with van der Waals surface area (Å²) in [6.07, 6.45) is 1.60. The van der Waals surface area contributed by atoms with Gasteiger partial charge in [-0.2, -0.15) is 5.26 Å². The van der Waals surface area contributed by atoms with Gasteiger partial charge >= 0.3 is 0 Å². The number of methoxy groups -OCH3 is 2. The van der Waals surface area contributed by atoms with Crippen LogP contribution in [0.25, 0.3) is 22.9 Å². The van der Waals surface area contributed by atoms with Crippen molar-refractivity contribution in [2.75, 3.05) is 19.5 Å². The molecule has 1 N–H and O–H groups in total. The van der Waals surface area contributed by atoms with Crippen LogP contribution < -0.4 is 25.6 Å². The molecule has 0 aliphatic carbocycles. The fourth-order valence-corrected chi connectivity index (χ4v) is 3.33. The molecule has 4 rings (SSSR count). The van der Waals surface area contributed by atoms with Gasteiger partial charge in [-0.25, -0.2) is 4.98 Å². The highest BCUT2D eigenvalue weighted by molar-refractivity contribution is 5.82. The number of para-hydroxylation sites is 2. The van der Waals surface area contributed by atoms with Gasteiger partial charge in [0, 0.05) is 30.1 Å². The van der Waals surface area contributed by atoms with E-state index in [0.717, 1.165) is 0 Å². The quantitative estimate of drug-likeness (QED) is 0.580. The molecule has 144 valence electrons. The number of nitrogens with one attached hydrogen (secondary N) is 1. The number of hydrogen-bond acceptors (Lipinski definition) is 6. The number of nitrogens with zero attached hydrogens (tertiary/aromatic N) is 3. The van der Waals surface area contributed by atoms with E-state index in [1.165, 1.54) is 4.40 Å². The van der Waals surface area contributed by atoms with E-state index >= 15 is 0 Å². The van der Waals surface area contributed by atoms with Crippen molar-refractivity contribution >= 4 is 28.6 Å². The Kier molecular flexibility index (Phi) is 4.53. The zero-order chi connectivity index (χ0) is 20.5. The second-order valence-electron chi connectivity index (χ2n) is 6.48. The number of hydrogen-bond donors (Lipinski definition) is 1. The van der Waals surface area contributed by atoms with Crippen LogP contribution in [-0.4, -0.2) is 23.6 Å². The van der Waals surface area contributed by atoms with Gasteiger partial charge < -0.3 is 14.8 Å². The van der Waals surface area contributed by atoms with Crippen molar-refractivity contribution in [1.29, 1.82) is 5.26 Å². The smallest absolute Gasteiger partial charge is 0.265 e. The van der Waals surface area contributed by atoms with Crippen molar-refractivity contribution in [3.05, 3.63) is 69.2 Å². The monoisotopic (exact) mass is 386 g/mol. The van der Waals surface area contributed by atoms with Crippen LogP contribution in [-0.2, 0) is 0 Å². The minimum atomic E-state index is -0.243. The molecule has 0 amide bonds. The van der Waals surface area contributed by atoms with E-state index in [4.69, 9.17) is 9.47 Å². The van der Waals surface area contributed by atoms with Crippen LogP contribution in [0.5, 0.6) is 11.5 Å². The molecule has 0 aliphatic heterocycles.